The van der Waals surface area contributed by atoms with Crippen molar-refractivity contribution < 1.29 is 4.79 Å². The van der Waals surface area contributed by atoms with Gasteiger partial charge in [-0.2, -0.15) is 0 Å². The fourth-order valence-corrected chi connectivity index (χ4v) is 4.18. The van der Waals surface area contributed by atoms with Crippen molar-refractivity contribution in [3.8, 4) is 0 Å². The number of carbonyl (C=O) groups is 1. The Morgan fingerprint density at radius 3 is 2.24 bits per heavy atom. The number of piperazine rings is 1. The summed E-state index contributed by atoms with van der Waals surface area (Å²) < 4.78 is 0. The summed E-state index contributed by atoms with van der Waals surface area (Å²) in [6.07, 6.45) is 0.813. The second-order valence-corrected chi connectivity index (χ2v) is 8.94. The van der Waals surface area contributed by atoms with Crippen LogP contribution in [0.5, 0.6) is 0 Å². The molecule has 0 unspecified atom stereocenters. The Labute approximate surface area is 201 Å². The number of carbonyl (C=O) groups excluding carboxylic acids is 1. The minimum Gasteiger partial charge on any atom is -0.369 e. The number of amides is 1. The Morgan fingerprint density at radius 1 is 0.909 bits per heavy atom. The summed E-state index contributed by atoms with van der Waals surface area (Å²) in [5.41, 5.74) is 4.12. The first kappa shape index (κ1) is 23.3. The van der Waals surface area contributed by atoms with Gasteiger partial charge in [-0.3, -0.25) is 4.79 Å². The summed E-state index contributed by atoms with van der Waals surface area (Å²) in [6.45, 7) is 4.86. The van der Waals surface area contributed by atoms with Gasteiger partial charge in [0.25, 0.3) is 0 Å². The average Bonchev–Trinajstić information content (AvgIpc) is 2.84. The molecule has 1 heterocycles. The summed E-state index contributed by atoms with van der Waals surface area (Å²) in [7, 11) is 2.16. The summed E-state index contributed by atoms with van der Waals surface area (Å²) in [5.74, 6) is -0.0651. The van der Waals surface area contributed by atoms with E-state index in [1.807, 2.05) is 66.7 Å². The maximum atomic E-state index is 13.2. The Balaban J connectivity index is 1.39. The minimum absolute atomic E-state index is 0.0651. The number of hydrogen-bond acceptors (Lipinski definition) is 4. The third kappa shape index (κ3) is 6.57. The number of hydrogen-bond donors (Lipinski definition) is 2. The van der Waals surface area contributed by atoms with E-state index in [-0.39, 0.29) is 5.91 Å². The smallest absolute Gasteiger partial charge is 0.246 e. The van der Waals surface area contributed by atoms with Gasteiger partial charge in [0.2, 0.25) is 5.91 Å². The number of rotatable bonds is 8. The van der Waals surface area contributed by atoms with Crippen molar-refractivity contribution in [3.05, 3.63) is 95.0 Å². The highest BCUT2D eigenvalue weighted by atomic mass is 35.5. The van der Waals surface area contributed by atoms with E-state index in [2.05, 4.69) is 39.6 Å². The molecule has 1 saturated heterocycles. The van der Waals surface area contributed by atoms with Crippen molar-refractivity contribution >= 4 is 28.9 Å². The van der Waals surface area contributed by atoms with Crippen LogP contribution in [0.25, 0.3) is 0 Å². The van der Waals surface area contributed by atoms with Gasteiger partial charge in [0.15, 0.2) is 0 Å². The van der Waals surface area contributed by atoms with Crippen LogP contribution in [0, 0.1) is 0 Å². The Bertz CT molecular complexity index is 1020. The molecule has 1 aliphatic heterocycles. The van der Waals surface area contributed by atoms with Crippen LogP contribution in [-0.4, -0.2) is 50.6 Å². The average molecular weight is 463 g/mol. The predicted molar refractivity (Wildman–Crippen MR) is 137 cm³/mol. The van der Waals surface area contributed by atoms with Gasteiger partial charge in [0.1, 0.15) is 6.04 Å². The van der Waals surface area contributed by atoms with E-state index < -0.39 is 6.04 Å². The molecule has 6 heteroatoms. The van der Waals surface area contributed by atoms with E-state index in [9.17, 15) is 4.79 Å². The van der Waals surface area contributed by atoms with Crippen molar-refractivity contribution in [1.82, 2.24) is 10.2 Å². The van der Waals surface area contributed by atoms with Gasteiger partial charge < -0.3 is 20.4 Å². The highest BCUT2D eigenvalue weighted by molar-refractivity contribution is 6.30. The van der Waals surface area contributed by atoms with Crippen molar-refractivity contribution in [2.24, 2.45) is 0 Å². The molecule has 4 rings (SSSR count). The molecule has 172 valence electrons. The second kappa shape index (κ2) is 11.3. The van der Waals surface area contributed by atoms with Crippen LogP contribution in [0.1, 0.15) is 17.2 Å². The molecule has 0 bridgehead atoms. The number of halogens is 1. The van der Waals surface area contributed by atoms with Gasteiger partial charge in [-0.15, -0.1) is 0 Å². The molecule has 33 heavy (non-hydrogen) atoms. The molecule has 0 aromatic heterocycles. The molecule has 0 radical (unpaired) electrons. The van der Waals surface area contributed by atoms with Gasteiger partial charge in [0.05, 0.1) is 0 Å². The van der Waals surface area contributed by atoms with Crippen molar-refractivity contribution in [2.75, 3.05) is 50.0 Å². The fraction of sp³-hybridized carbons (Fsp3) is 0.296. The maximum Gasteiger partial charge on any atom is 0.246 e. The molecule has 0 spiro atoms. The molecule has 0 saturated carbocycles. The van der Waals surface area contributed by atoms with E-state index in [4.69, 9.17) is 11.6 Å². The van der Waals surface area contributed by atoms with Crippen LogP contribution in [0.2, 0.25) is 5.02 Å². The lowest BCUT2D eigenvalue weighted by Crippen LogP contribution is -2.44. The van der Waals surface area contributed by atoms with E-state index in [1.54, 1.807) is 0 Å². The van der Waals surface area contributed by atoms with Gasteiger partial charge in [-0.25, -0.2) is 0 Å². The SMILES string of the molecule is CN1CCN(c2ccc(NC(=O)[C@@H](NCCc3ccc(Cl)cc3)c3ccccc3)cc2)CC1. The predicted octanol–water partition coefficient (Wildman–Crippen LogP) is 4.60. The molecule has 1 atom stereocenters. The zero-order valence-electron chi connectivity index (χ0n) is 19.0. The van der Waals surface area contributed by atoms with Crippen LogP contribution < -0.4 is 15.5 Å². The molecule has 0 aliphatic carbocycles. The number of benzene rings is 3. The van der Waals surface area contributed by atoms with Gasteiger partial charge in [-0.1, -0.05) is 54.1 Å². The third-order valence-electron chi connectivity index (χ3n) is 6.07. The Morgan fingerprint density at radius 2 is 1.58 bits per heavy atom. The molecule has 3 aromatic rings. The molecular weight excluding hydrogens is 432 g/mol. The number of anilines is 2. The first-order valence-corrected chi connectivity index (χ1v) is 11.8. The highest BCUT2D eigenvalue weighted by Gasteiger charge is 2.20. The molecule has 1 amide bonds. The van der Waals surface area contributed by atoms with Gasteiger partial charge >= 0.3 is 0 Å². The van der Waals surface area contributed by atoms with Crippen molar-refractivity contribution in [1.29, 1.82) is 0 Å². The maximum absolute atomic E-state index is 13.2. The van der Waals surface area contributed by atoms with Crippen molar-refractivity contribution in [3.63, 3.8) is 0 Å². The summed E-state index contributed by atoms with van der Waals surface area (Å²) in [5, 5.41) is 7.25. The minimum atomic E-state index is -0.434. The lowest BCUT2D eigenvalue weighted by molar-refractivity contribution is -0.118. The fourth-order valence-electron chi connectivity index (χ4n) is 4.05. The van der Waals surface area contributed by atoms with Crippen LogP contribution in [-0.2, 0) is 11.2 Å². The number of nitrogens with zero attached hydrogens (tertiary/aromatic N) is 2. The van der Waals surface area contributed by atoms with Crippen LogP contribution in [0.4, 0.5) is 11.4 Å². The summed E-state index contributed by atoms with van der Waals surface area (Å²) in [4.78, 5) is 17.9. The molecule has 1 aliphatic rings. The summed E-state index contributed by atoms with van der Waals surface area (Å²) in [6, 6.07) is 25.4. The third-order valence-corrected chi connectivity index (χ3v) is 6.33. The molecule has 2 N–H and O–H groups in total. The quantitative estimate of drug-likeness (QED) is 0.513. The second-order valence-electron chi connectivity index (χ2n) is 8.50. The first-order valence-electron chi connectivity index (χ1n) is 11.5. The first-order chi connectivity index (χ1) is 16.1. The normalized spacial score (nSPS) is 15.3. The van der Waals surface area contributed by atoms with E-state index in [0.29, 0.717) is 6.54 Å². The Kier molecular flexibility index (Phi) is 8.00. The van der Waals surface area contributed by atoms with Crippen LogP contribution in [0.15, 0.2) is 78.9 Å². The monoisotopic (exact) mass is 462 g/mol. The van der Waals surface area contributed by atoms with Crippen LogP contribution in [0.3, 0.4) is 0 Å². The molecule has 3 aromatic carbocycles. The highest BCUT2D eigenvalue weighted by Crippen LogP contribution is 2.21. The Hall–Kier alpha value is -2.86. The lowest BCUT2D eigenvalue weighted by Gasteiger charge is -2.34. The van der Waals surface area contributed by atoms with Gasteiger partial charge in [0, 0.05) is 49.1 Å². The van der Waals surface area contributed by atoms with E-state index in [1.165, 1.54) is 11.3 Å². The zero-order valence-corrected chi connectivity index (χ0v) is 19.8. The zero-order chi connectivity index (χ0) is 23.0. The largest absolute Gasteiger partial charge is 0.369 e. The van der Waals surface area contributed by atoms with Gasteiger partial charge in [-0.05, 0) is 61.0 Å². The number of nitrogens with one attached hydrogen (secondary N) is 2. The molecule has 1 fully saturated rings. The standard InChI is InChI=1S/C27H31ClN4O/c1-31-17-19-32(20-18-31)25-13-11-24(12-14-25)30-27(33)26(22-5-3-2-4-6-22)29-16-15-21-7-9-23(28)10-8-21/h2-14,26,29H,15-20H2,1H3,(H,30,33)/t26-/m0/s1. The topological polar surface area (TPSA) is 47.6 Å². The molecular formula is C27H31ClN4O. The van der Waals surface area contributed by atoms with Crippen LogP contribution >= 0.6 is 11.6 Å². The van der Waals surface area contributed by atoms with E-state index in [0.717, 1.165) is 48.9 Å². The molecule has 5 nitrogen and oxygen atoms in total. The van der Waals surface area contributed by atoms with Crippen molar-refractivity contribution in [2.45, 2.75) is 12.5 Å². The lowest BCUT2D eigenvalue weighted by atomic mass is 10.1. The number of likely N-dealkylation sites (N-methyl/N-ethyl adjacent to an activating group) is 1. The van der Waals surface area contributed by atoms with E-state index >= 15 is 0 Å². The summed E-state index contributed by atoms with van der Waals surface area (Å²) >= 11 is 5.98.